The van der Waals surface area contributed by atoms with E-state index in [2.05, 4.69) is 27.4 Å². The molecule has 0 unspecified atom stereocenters. The first-order chi connectivity index (χ1) is 12.8. The van der Waals surface area contributed by atoms with Gasteiger partial charge in [-0.2, -0.15) is 0 Å². The lowest BCUT2D eigenvalue weighted by atomic mass is 10.2. The van der Waals surface area contributed by atoms with E-state index >= 15 is 0 Å². The topological polar surface area (TPSA) is 58.1 Å². The third-order valence-electron chi connectivity index (χ3n) is 4.60. The van der Waals surface area contributed by atoms with Crippen LogP contribution in [0, 0.1) is 0 Å². The van der Waals surface area contributed by atoms with Crippen LogP contribution in [-0.2, 0) is 6.54 Å². The highest BCUT2D eigenvalue weighted by molar-refractivity contribution is 14.0. The highest BCUT2D eigenvalue weighted by Gasteiger charge is 2.10. The van der Waals surface area contributed by atoms with Gasteiger partial charge in [-0.1, -0.05) is 6.07 Å². The van der Waals surface area contributed by atoms with Gasteiger partial charge in [-0.25, -0.2) is 4.99 Å². The van der Waals surface area contributed by atoms with E-state index in [0.29, 0.717) is 6.54 Å². The number of benzene rings is 1. The molecule has 0 amide bonds. The molecule has 154 valence electrons. The van der Waals surface area contributed by atoms with Gasteiger partial charge in [0.1, 0.15) is 0 Å². The largest absolute Gasteiger partial charge is 0.493 e. The zero-order chi connectivity index (χ0) is 18.6. The van der Waals surface area contributed by atoms with Crippen LogP contribution in [0.1, 0.15) is 38.2 Å². The zero-order valence-electron chi connectivity index (χ0n) is 16.9. The molecule has 1 heterocycles. The second-order valence-electron chi connectivity index (χ2n) is 6.57. The molecule has 0 saturated carbocycles. The molecular formula is C20H35IN4O2. The van der Waals surface area contributed by atoms with Crippen molar-refractivity contribution in [2.45, 2.75) is 39.2 Å². The van der Waals surface area contributed by atoms with Gasteiger partial charge >= 0.3 is 0 Å². The van der Waals surface area contributed by atoms with E-state index < -0.39 is 0 Å². The molecule has 0 radical (unpaired) electrons. The number of hydrogen-bond acceptors (Lipinski definition) is 4. The maximum atomic E-state index is 5.36. The first-order valence-electron chi connectivity index (χ1n) is 9.72. The van der Waals surface area contributed by atoms with Crippen molar-refractivity contribution in [3.63, 3.8) is 0 Å². The second-order valence-corrected chi connectivity index (χ2v) is 6.57. The molecule has 0 aromatic heterocycles. The maximum Gasteiger partial charge on any atom is 0.191 e. The van der Waals surface area contributed by atoms with E-state index in [-0.39, 0.29) is 24.0 Å². The standard InChI is InChI=1S/C20H34N4O2.HI/c1-4-21-20(22-11-5-6-12-24-13-7-8-14-24)23-16-17-9-10-18(25-2)19(15-17)26-3;/h9-10,15H,4-8,11-14,16H2,1-3H3,(H2,21,22,23);1H. The van der Waals surface area contributed by atoms with Gasteiger partial charge in [-0.3, -0.25) is 0 Å². The van der Waals surface area contributed by atoms with Gasteiger partial charge in [0, 0.05) is 13.1 Å². The number of nitrogens with zero attached hydrogens (tertiary/aromatic N) is 2. The number of likely N-dealkylation sites (tertiary alicyclic amines) is 1. The number of nitrogens with one attached hydrogen (secondary N) is 2. The van der Waals surface area contributed by atoms with Crippen LogP contribution in [0.2, 0.25) is 0 Å². The summed E-state index contributed by atoms with van der Waals surface area (Å²) in [5.41, 5.74) is 1.09. The minimum absolute atomic E-state index is 0. The van der Waals surface area contributed by atoms with Gasteiger partial charge in [0.25, 0.3) is 0 Å². The number of rotatable bonds is 10. The smallest absolute Gasteiger partial charge is 0.191 e. The van der Waals surface area contributed by atoms with Crippen LogP contribution in [0.5, 0.6) is 11.5 Å². The Morgan fingerprint density at radius 2 is 1.81 bits per heavy atom. The lowest BCUT2D eigenvalue weighted by Gasteiger charge is -2.15. The molecule has 1 saturated heterocycles. The Bertz CT molecular complexity index is 563. The van der Waals surface area contributed by atoms with Crippen molar-refractivity contribution in [3.8, 4) is 11.5 Å². The summed E-state index contributed by atoms with van der Waals surface area (Å²) in [5, 5.41) is 6.74. The highest BCUT2D eigenvalue weighted by Crippen LogP contribution is 2.27. The second kappa shape index (κ2) is 13.9. The molecule has 27 heavy (non-hydrogen) atoms. The van der Waals surface area contributed by atoms with E-state index in [0.717, 1.165) is 42.5 Å². The monoisotopic (exact) mass is 490 g/mol. The fourth-order valence-corrected chi connectivity index (χ4v) is 3.16. The van der Waals surface area contributed by atoms with Gasteiger partial charge in [-0.15, -0.1) is 24.0 Å². The van der Waals surface area contributed by atoms with Crippen molar-refractivity contribution in [1.29, 1.82) is 0 Å². The summed E-state index contributed by atoms with van der Waals surface area (Å²) in [7, 11) is 3.30. The quantitative estimate of drug-likeness (QED) is 0.228. The average molecular weight is 490 g/mol. The summed E-state index contributed by atoms with van der Waals surface area (Å²) >= 11 is 0. The Kier molecular flexibility index (Phi) is 12.2. The van der Waals surface area contributed by atoms with E-state index in [4.69, 9.17) is 9.47 Å². The van der Waals surface area contributed by atoms with Crippen molar-refractivity contribution in [1.82, 2.24) is 15.5 Å². The van der Waals surface area contributed by atoms with Gasteiger partial charge in [0.2, 0.25) is 0 Å². The lowest BCUT2D eigenvalue weighted by Crippen LogP contribution is -2.38. The number of aliphatic imine (C=N–C) groups is 1. The zero-order valence-corrected chi connectivity index (χ0v) is 19.3. The van der Waals surface area contributed by atoms with Crippen LogP contribution >= 0.6 is 24.0 Å². The first-order valence-corrected chi connectivity index (χ1v) is 9.72. The summed E-state index contributed by atoms with van der Waals surface area (Å²) in [6.45, 7) is 8.27. The van der Waals surface area contributed by atoms with Crippen LogP contribution in [0.4, 0.5) is 0 Å². The number of methoxy groups -OCH3 is 2. The van der Waals surface area contributed by atoms with Gasteiger partial charge in [0.05, 0.1) is 20.8 Å². The lowest BCUT2D eigenvalue weighted by molar-refractivity contribution is 0.330. The third-order valence-corrected chi connectivity index (χ3v) is 4.60. The Morgan fingerprint density at radius 1 is 1.07 bits per heavy atom. The van der Waals surface area contributed by atoms with Gasteiger partial charge in [-0.05, 0) is 69.9 Å². The van der Waals surface area contributed by atoms with Crippen LogP contribution in [0.25, 0.3) is 0 Å². The van der Waals surface area contributed by atoms with Crippen molar-refractivity contribution in [3.05, 3.63) is 23.8 Å². The highest BCUT2D eigenvalue weighted by atomic mass is 127. The van der Waals surface area contributed by atoms with Crippen molar-refractivity contribution < 1.29 is 9.47 Å². The summed E-state index contributed by atoms with van der Waals surface area (Å²) in [4.78, 5) is 7.24. The Labute approximate surface area is 181 Å². The normalized spacial score (nSPS) is 14.6. The van der Waals surface area contributed by atoms with Crippen molar-refractivity contribution >= 4 is 29.9 Å². The maximum absolute atomic E-state index is 5.36. The molecule has 7 heteroatoms. The minimum Gasteiger partial charge on any atom is -0.493 e. The molecule has 0 spiro atoms. The number of guanidine groups is 1. The summed E-state index contributed by atoms with van der Waals surface area (Å²) in [5.74, 6) is 2.34. The predicted molar refractivity (Wildman–Crippen MR) is 123 cm³/mol. The molecule has 0 aliphatic carbocycles. The number of halogens is 1. The van der Waals surface area contributed by atoms with E-state index in [1.54, 1.807) is 14.2 Å². The Hall–Kier alpha value is -1.22. The summed E-state index contributed by atoms with van der Waals surface area (Å²) in [6.07, 6.45) is 5.14. The van der Waals surface area contributed by atoms with Crippen molar-refractivity contribution in [2.75, 3.05) is 46.9 Å². The van der Waals surface area contributed by atoms with Crippen LogP contribution < -0.4 is 20.1 Å². The molecule has 0 bridgehead atoms. The van der Waals surface area contributed by atoms with Crippen LogP contribution in [0.15, 0.2) is 23.2 Å². The Morgan fingerprint density at radius 3 is 2.48 bits per heavy atom. The van der Waals surface area contributed by atoms with E-state index in [9.17, 15) is 0 Å². The summed E-state index contributed by atoms with van der Waals surface area (Å²) < 4.78 is 10.6. The number of ether oxygens (including phenoxy) is 2. The fourth-order valence-electron chi connectivity index (χ4n) is 3.16. The SMILES string of the molecule is CCNC(=NCc1ccc(OC)c(OC)c1)NCCCCN1CCCC1.I. The Balaban J connectivity index is 0.00000364. The van der Waals surface area contributed by atoms with Crippen LogP contribution in [0.3, 0.4) is 0 Å². The van der Waals surface area contributed by atoms with Crippen LogP contribution in [-0.4, -0.2) is 57.8 Å². The molecule has 2 rings (SSSR count). The molecule has 1 aliphatic rings. The molecule has 0 atom stereocenters. The summed E-state index contributed by atoms with van der Waals surface area (Å²) in [6, 6.07) is 5.91. The molecule has 6 nitrogen and oxygen atoms in total. The molecule has 1 aromatic rings. The molecule has 2 N–H and O–H groups in total. The fraction of sp³-hybridized carbons (Fsp3) is 0.650. The number of hydrogen-bond donors (Lipinski definition) is 2. The molecule has 1 aliphatic heterocycles. The van der Waals surface area contributed by atoms with Gasteiger partial charge in [0.15, 0.2) is 17.5 Å². The molecule has 1 aromatic carbocycles. The number of unbranched alkanes of at least 4 members (excludes halogenated alkanes) is 1. The average Bonchev–Trinajstić information content (AvgIpc) is 3.19. The van der Waals surface area contributed by atoms with E-state index in [1.807, 2.05) is 18.2 Å². The third kappa shape index (κ3) is 8.55. The molecular weight excluding hydrogens is 455 g/mol. The van der Waals surface area contributed by atoms with Gasteiger partial charge < -0.3 is 25.0 Å². The predicted octanol–water partition coefficient (Wildman–Crippen LogP) is 3.25. The molecule has 1 fully saturated rings. The first kappa shape index (κ1) is 23.8. The van der Waals surface area contributed by atoms with E-state index in [1.165, 1.54) is 38.9 Å². The minimum atomic E-state index is 0. The van der Waals surface area contributed by atoms with Crippen molar-refractivity contribution in [2.24, 2.45) is 4.99 Å².